The Kier molecular flexibility index (Phi) is 4.34. The van der Waals surface area contributed by atoms with Crippen LogP contribution in [0.15, 0.2) is 24.3 Å². The van der Waals surface area contributed by atoms with E-state index in [9.17, 15) is 8.42 Å². The van der Waals surface area contributed by atoms with Crippen LogP contribution in [0.25, 0.3) is 0 Å². The maximum Gasteiger partial charge on any atom is 0.216 e. The van der Waals surface area contributed by atoms with Crippen LogP contribution in [0.2, 0.25) is 0 Å². The third kappa shape index (κ3) is 3.52. The lowest BCUT2D eigenvalue weighted by Crippen LogP contribution is -2.36. The van der Waals surface area contributed by atoms with Crippen LogP contribution in [-0.2, 0) is 27.1 Å². The molecule has 0 amide bonds. The Balaban J connectivity index is 2.06. The van der Waals surface area contributed by atoms with Crippen LogP contribution in [0.4, 0.5) is 0 Å². The number of nitrogens with two attached hydrogens (primary N) is 1. The lowest BCUT2D eigenvalue weighted by Gasteiger charge is -2.13. The summed E-state index contributed by atoms with van der Waals surface area (Å²) in [5.41, 5.74) is 7.22. The van der Waals surface area contributed by atoms with Crippen LogP contribution in [-0.4, -0.2) is 27.7 Å². The second-order valence-corrected chi connectivity index (χ2v) is 6.16. The lowest BCUT2D eigenvalue weighted by atomic mass is 10.1. The fourth-order valence-electron chi connectivity index (χ4n) is 2.03. The zero-order valence-electron chi connectivity index (χ0n) is 10.1. The first kappa shape index (κ1) is 13.5. The molecule has 3 N–H and O–H groups in total. The van der Waals surface area contributed by atoms with Crippen molar-refractivity contribution >= 4 is 10.0 Å². The molecular weight excluding hydrogens is 252 g/mol. The average molecular weight is 270 g/mol. The Morgan fingerprint density at radius 2 is 2.06 bits per heavy atom. The van der Waals surface area contributed by atoms with E-state index in [1.807, 2.05) is 18.2 Å². The lowest BCUT2D eigenvalue weighted by molar-refractivity contribution is 0.192. The first-order valence-corrected chi connectivity index (χ1v) is 7.60. The summed E-state index contributed by atoms with van der Waals surface area (Å²) in [4.78, 5) is 0. The molecule has 18 heavy (non-hydrogen) atoms. The molecule has 1 saturated heterocycles. The summed E-state index contributed by atoms with van der Waals surface area (Å²) in [6.45, 7) is 1.42. The largest absolute Gasteiger partial charge is 0.380 e. The van der Waals surface area contributed by atoms with Crippen molar-refractivity contribution < 1.29 is 13.2 Å². The van der Waals surface area contributed by atoms with Crippen molar-refractivity contribution in [1.82, 2.24) is 4.72 Å². The van der Waals surface area contributed by atoms with E-state index >= 15 is 0 Å². The summed E-state index contributed by atoms with van der Waals surface area (Å²) in [6.07, 6.45) is 0.734. The van der Waals surface area contributed by atoms with Gasteiger partial charge in [0.05, 0.1) is 12.4 Å². The van der Waals surface area contributed by atoms with Gasteiger partial charge in [0.1, 0.15) is 0 Å². The number of ether oxygens (including phenoxy) is 1. The molecule has 0 radical (unpaired) electrons. The van der Waals surface area contributed by atoms with E-state index in [-0.39, 0.29) is 11.8 Å². The summed E-state index contributed by atoms with van der Waals surface area (Å²) < 4.78 is 31.8. The van der Waals surface area contributed by atoms with Gasteiger partial charge < -0.3 is 10.5 Å². The first-order chi connectivity index (χ1) is 8.61. The predicted octanol–water partition coefficient (Wildman–Crippen LogP) is 0.354. The van der Waals surface area contributed by atoms with Crippen molar-refractivity contribution in [3.05, 3.63) is 35.4 Å². The minimum atomic E-state index is -3.34. The maximum atomic E-state index is 12.0. The molecular formula is C12H18N2O3S. The normalized spacial score (nSPS) is 20.2. The molecule has 1 aliphatic rings. The van der Waals surface area contributed by atoms with Crippen molar-refractivity contribution in [1.29, 1.82) is 0 Å². The fraction of sp³-hybridized carbons (Fsp3) is 0.500. The summed E-state index contributed by atoms with van der Waals surface area (Å²) in [7, 11) is -3.34. The second kappa shape index (κ2) is 5.79. The molecule has 0 spiro atoms. The zero-order chi connectivity index (χ0) is 13.0. The van der Waals surface area contributed by atoms with Crippen molar-refractivity contribution in [2.24, 2.45) is 5.73 Å². The molecule has 0 aliphatic carbocycles. The van der Waals surface area contributed by atoms with Gasteiger partial charge in [0.2, 0.25) is 10.0 Å². The molecule has 1 fully saturated rings. The van der Waals surface area contributed by atoms with E-state index in [2.05, 4.69) is 4.72 Å². The predicted molar refractivity (Wildman–Crippen MR) is 69.3 cm³/mol. The summed E-state index contributed by atoms with van der Waals surface area (Å²) in [5, 5.41) is 0. The number of rotatable bonds is 5. The van der Waals surface area contributed by atoms with E-state index in [1.54, 1.807) is 6.07 Å². The van der Waals surface area contributed by atoms with E-state index in [0.717, 1.165) is 17.5 Å². The monoisotopic (exact) mass is 270 g/mol. The molecule has 2 rings (SSSR count). The van der Waals surface area contributed by atoms with Crippen LogP contribution >= 0.6 is 0 Å². The Hall–Kier alpha value is -0.950. The molecule has 1 aromatic carbocycles. The number of benzene rings is 1. The Labute approximate surface area is 107 Å². The van der Waals surface area contributed by atoms with Gasteiger partial charge >= 0.3 is 0 Å². The highest BCUT2D eigenvalue weighted by Crippen LogP contribution is 2.13. The maximum absolute atomic E-state index is 12.0. The van der Waals surface area contributed by atoms with Crippen LogP contribution in [0.3, 0.4) is 0 Å². The third-order valence-electron chi connectivity index (χ3n) is 2.96. The molecule has 1 aromatic rings. The third-order valence-corrected chi connectivity index (χ3v) is 4.34. The Morgan fingerprint density at radius 1 is 1.33 bits per heavy atom. The number of nitrogens with one attached hydrogen (secondary N) is 1. The number of hydrogen-bond acceptors (Lipinski definition) is 4. The molecule has 0 bridgehead atoms. The van der Waals surface area contributed by atoms with Crippen LogP contribution in [0.5, 0.6) is 0 Å². The van der Waals surface area contributed by atoms with Gasteiger partial charge in [-0.15, -0.1) is 0 Å². The Morgan fingerprint density at radius 3 is 2.67 bits per heavy atom. The van der Waals surface area contributed by atoms with Crippen LogP contribution in [0, 0.1) is 0 Å². The highest BCUT2D eigenvalue weighted by Gasteiger charge is 2.22. The highest BCUT2D eigenvalue weighted by molar-refractivity contribution is 7.88. The van der Waals surface area contributed by atoms with Gasteiger partial charge in [-0.2, -0.15) is 0 Å². The molecule has 0 saturated carbocycles. The smallest absolute Gasteiger partial charge is 0.216 e. The van der Waals surface area contributed by atoms with Crippen molar-refractivity contribution in [3.8, 4) is 0 Å². The zero-order valence-corrected chi connectivity index (χ0v) is 10.9. The first-order valence-electron chi connectivity index (χ1n) is 5.95. The molecule has 1 unspecified atom stereocenters. The van der Waals surface area contributed by atoms with Gasteiger partial charge in [-0.25, -0.2) is 13.1 Å². The summed E-state index contributed by atoms with van der Waals surface area (Å²) >= 11 is 0. The van der Waals surface area contributed by atoms with Gasteiger partial charge in [0.15, 0.2) is 0 Å². The SMILES string of the molecule is NCc1ccccc1CS(=O)(=O)NC1CCOC1. The minimum Gasteiger partial charge on any atom is -0.380 e. The van der Waals surface area contributed by atoms with Crippen LogP contribution < -0.4 is 10.5 Å². The molecule has 0 aromatic heterocycles. The van der Waals surface area contributed by atoms with Crippen molar-refractivity contribution in [2.75, 3.05) is 13.2 Å². The van der Waals surface area contributed by atoms with E-state index < -0.39 is 10.0 Å². The van der Waals surface area contributed by atoms with Crippen molar-refractivity contribution in [2.45, 2.75) is 24.8 Å². The summed E-state index contributed by atoms with van der Waals surface area (Å²) in [6, 6.07) is 7.23. The fourth-order valence-corrected chi connectivity index (χ4v) is 3.49. The Bertz CT molecular complexity index is 496. The molecule has 6 heteroatoms. The van der Waals surface area contributed by atoms with Gasteiger partial charge in [-0.05, 0) is 17.5 Å². The van der Waals surface area contributed by atoms with E-state index in [0.29, 0.717) is 19.8 Å². The van der Waals surface area contributed by atoms with Crippen molar-refractivity contribution in [3.63, 3.8) is 0 Å². The van der Waals surface area contributed by atoms with Gasteiger partial charge in [0, 0.05) is 19.2 Å². The summed E-state index contributed by atoms with van der Waals surface area (Å²) in [5.74, 6) is -0.0309. The van der Waals surface area contributed by atoms with Gasteiger partial charge in [-0.1, -0.05) is 24.3 Å². The number of sulfonamides is 1. The topological polar surface area (TPSA) is 81.4 Å². The van der Waals surface area contributed by atoms with E-state index in [4.69, 9.17) is 10.5 Å². The van der Waals surface area contributed by atoms with Gasteiger partial charge in [-0.3, -0.25) is 0 Å². The quantitative estimate of drug-likeness (QED) is 0.809. The van der Waals surface area contributed by atoms with Gasteiger partial charge in [0.25, 0.3) is 0 Å². The minimum absolute atomic E-state index is 0.0309. The molecule has 1 heterocycles. The standard InChI is InChI=1S/C12H18N2O3S/c13-7-10-3-1-2-4-11(10)9-18(15,16)14-12-5-6-17-8-12/h1-4,12,14H,5-9,13H2. The second-order valence-electron chi connectivity index (χ2n) is 4.41. The molecule has 1 aliphatic heterocycles. The average Bonchev–Trinajstić information content (AvgIpc) is 2.81. The molecule has 5 nitrogen and oxygen atoms in total. The highest BCUT2D eigenvalue weighted by atomic mass is 32.2. The number of hydrogen-bond donors (Lipinski definition) is 2. The molecule has 100 valence electrons. The van der Waals surface area contributed by atoms with Crippen LogP contribution in [0.1, 0.15) is 17.5 Å². The molecule has 1 atom stereocenters. The van der Waals surface area contributed by atoms with E-state index in [1.165, 1.54) is 0 Å².